The van der Waals surface area contributed by atoms with Crippen LogP contribution in [0.2, 0.25) is 0 Å². The molecule has 1 amide bonds. The summed E-state index contributed by atoms with van der Waals surface area (Å²) in [5.41, 5.74) is 2.20. The maximum atomic E-state index is 13.6. The molecule has 0 unspecified atom stereocenters. The summed E-state index contributed by atoms with van der Waals surface area (Å²) < 4.78 is 18.7. The van der Waals surface area contributed by atoms with Crippen LogP contribution >= 0.6 is 0 Å². The molecule has 3 aromatic rings. The zero-order valence-electron chi connectivity index (χ0n) is 13.0. The normalized spacial score (nSPS) is 10.4. The number of H-pyrrole nitrogens is 1. The van der Waals surface area contributed by atoms with E-state index in [0.717, 1.165) is 5.56 Å². The van der Waals surface area contributed by atoms with E-state index in [2.05, 4.69) is 15.5 Å². The van der Waals surface area contributed by atoms with Gasteiger partial charge in [0.1, 0.15) is 17.3 Å². The Hall–Kier alpha value is -3.15. The van der Waals surface area contributed by atoms with E-state index in [0.29, 0.717) is 22.7 Å². The molecule has 2 N–H and O–H groups in total. The third-order valence-corrected chi connectivity index (χ3v) is 3.59. The third-order valence-electron chi connectivity index (χ3n) is 3.59. The van der Waals surface area contributed by atoms with Gasteiger partial charge in [-0.1, -0.05) is 30.3 Å². The lowest BCUT2D eigenvalue weighted by Crippen LogP contribution is -2.23. The van der Waals surface area contributed by atoms with Gasteiger partial charge < -0.3 is 10.1 Å². The fourth-order valence-electron chi connectivity index (χ4n) is 2.28. The van der Waals surface area contributed by atoms with Crippen LogP contribution in [0, 0.1) is 5.82 Å². The molecule has 0 spiro atoms. The molecule has 122 valence electrons. The topological polar surface area (TPSA) is 67.0 Å². The quantitative estimate of drug-likeness (QED) is 0.757. The molecule has 0 atom stereocenters. The minimum absolute atomic E-state index is 0.110. The molecule has 0 aliphatic rings. The van der Waals surface area contributed by atoms with Crippen molar-refractivity contribution in [1.82, 2.24) is 15.5 Å². The average molecular weight is 325 g/mol. The van der Waals surface area contributed by atoms with E-state index in [4.69, 9.17) is 4.74 Å². The Morgan fingerprint density at radius 1 is 1.21 bits per heavy atom. The Morgan fingerprint density at radius 3 is 2.83 bits per heavy atom. The second-order valence-corrected chi connectivity index (χ2v) is 5.17. The predicted octanol–water partition coefficient (Wildman–Crippen LogP) is 3.15. The monoisotopic (exact) mass is 325 g/mol. The van der Waals surface area contributed by atoms with E-state index in [-0.39, 0.29) is 18.3 Å². The minimum atomic E-state index is -0.348. The number of rotatable bonds is 5. The molecule has 0 aliphatic heterocycles. The predicted molar refractivity (Wildman–Crippen MR) is 88.1 cm³/mol. The molecule has 1 heterocycles. The summed E-state index contributed by atoms with van der Waals surface area (Å²) in [7, 11) is 1.59. The first kappa shape index (κ1) is 15.7. The Labute approximate surface area is 138 Å². The van der Waals surface area contributed by atoms with Crippen LogP contribution in [0.25, 0.3) is 11.3 Å². The molecule has 0 saturated heterocycles. The second-order valence-electron chi connectivity index (χ2n) is 5.17. The number of hydrogen-bond donors (Lipinski definition) is 2. The Bertz CT molecular complexity index is 861. The summed E-state index contributed by atoms with van der Waals surface area (Å²) >= 11 is 0. The van der Waals surface area contributed by atoms with E-state index in [1.807, 2.05) is 24.3 Å². The molecule has 5 nitrogen and oxygen atoms in total. The molecule has 6 heteroatoms. The Morgan fingerprint density at radius 2 is 2.04 bits per heavy atom. The van der Waals surface area contributed by atoms with Crippen molar-refractivity contribution in [3.8, 4) is 17.0 Å². The van der Waals surface area contributed by atoms with Gasteiger partial charge in [-0.05, 0) is 24.3 Å². The first-order valence-corrected chi connectivity index (χ1v) is 7.39. The van der Waals surface area contributed by atoms with Gasteiger partial charge in [-0.2, -0.15) is 5.10 Å². The lowest BCUT2D eigenvalue weighted by atomic mass is 10.1. The summed E-state index contributed by atoms with van der Waals surface area (Å²) in [6, 6.07) is 15.3. The highest BCUT2D eigenvalue weighted by atomic mass is 19.1. The van der Waals surface area contributed by atoms with Crippen LogP contribution in [0.5, 0.6) is 5.75 Å². The summed E-state index contributed by atoms with van der Waals surface area (Å²) in [5, 5.41) is 9.50. The van der Waals surface area contributed by atoms with Crippen molar-refractivity contribution in [1.29, 1.82) is 0 Å². The van der Waals surface area contributed by atoms with Crippen LogP contribution in [-0.2, 0) is 6.54 Å². The number of methoxy groups -OCH3 is 1. The van der Waals surface area contributed by atoms with E-state index in [1.165, 1.54) is 6.07 Å². The van der Waals surface area contributed by atoms with Crippen molar-refractivity contribution in [2.75, 3.05) is 7.11 Å². The van der Waals surface area contributed by atoms with Crippen molar-refractivity contribution in [2.24, 2.45) is 0 Å². The summed E-state index contributed by atoms with van der Waals surface area (Å²) in [6.07, 6.45) is 0. The molecule has 0 fully saturated rings. The van der Waals surface area contributed by atoms with Crippen LogP contribution in [0.4, 0.5) is 4.39 Å². The van der Waals surface area contributed by atoms with Crippen molar-refractivity contribution < 1.29 is 13.9 Å². The largest absolute Gasteiger partial charge is 0.497 e. The van der Waals surface area contributed by atoms with Crippen LogP contribution in [-0.4, -0.2) is 23.2 Å². The number of ether oxygens (including phenoxy) is 1. The van der Waals surface area contributed by atoms with E-state index in [1.54, 1.807) is 31.4 Å². The number of halogens is 1. The SMILES string of the molecule is COc1cccc(-c2cc(C(=O)NCc3ccccc3F)[nH]n2)c1. The van der Waals surface area contributed by atoms with Crippen molar-refractivity contribution in [2.45, 2.75) is 6.54 Å². The van der Waals surface area contributed by atoms with E-state index >= 15 is 0 Å². The molecule has 1 aromatic heterocycles. The highest BCUT2D eigenvalue weighted by Gasteiger charge is 2.12. The van der Waals surface area contributed by atoms with Crippen LogP contribution < -0.4 is 10.1 Å². The zero-order chi connectivity index (χ0) is 16.9. The first-order valence-electron chi connectivity index (χ1n) is 7.39. The second kappa shape index (κ2) is 6.95. The van der Waals surface area contributed by atoms with E-state index < -0.39 is 0 Å². The van der Waals surface area contributed by atoms with Gasteiger partial charge in [0.25, 0.3) is 5.91 Å². The van der Waals surface area contributed by atoms with Gasteiger partial charge >= 0.3 is 0 Å². The van der Waals surface area contributed by atoms with Crippen molar-refractivity contribution in [3.05, 3.63) is 71.7 Å². The number of aromatic nitrogens is 2. The van der Waals surface area contributed by atoms with Gasteiger partial charge in [-0.15, -0.1) is 0 Å². The van der Waals surface area contributed by atoms with Crippen molar-refractivity contribution >= 4 is 5.91 Å². The number of carbonyl (C=O) groups is 1. The molecule has 0 saturated carbocycles. The highest BCUT2D eigenvalue weighted by molar-refractivity contribution is 5.93. The van der Waals surface area contributed by atoms with Gasteiger partial charge in [-0.25, -0.2) is 4.39 Å². The number of amides is 1. The number of hydrogen-bond acceptors (Lipinski definition) is 3. The fourth-order valence-corrected chi connectivity index (χ4v) is 2.28. The Balaban J connectivity index is 1.70. The van der Waals surface area contributed by atoms with Crippen LogP contribution in [0.3, 0.4) is 0 Å². The summed E-state index contributed by atoms with van der Waals surface area (Å²) in [6.45, 7) is 0.110. The molecule has 3 rings (SSSR count). The number of nitrogens with zero attached hydrogens (tertiary/aromatic N) is 1. The maximum absolute atomic E-state index is 13.6. The molecular weight excluding hydrogens is 309 g/mol. The molecule has 0 aliphatic carbocycles. The van der Waals surface area contributed by atoms with Crippen molar-refractivity contribution in [3.63, 3.8) is 0 Å². The molecule has 2 aromatic carbocycles. The number of benzene rings is 2. The summed E-state index contributed by atoms with van der Waals surface area (Å²) in [5.74, 6) is 0.0143. The van der Waals surface area contributed by atoms with Gasteiger partial charge in [0, 0.05) is 17.7 Å². The third kappa shape index (κ3) is 3.43. The smallest absolute Gasteiger partial charge is 0.269 e. The fraction of sp³-hybridized carbons (Fsp3) is 0.111. The van der Waals surface area contributed by atoms with Gasteiger partial charge in [0.15, 0.2) is 0 Å². The number of nitrogens with one attached hydrogen (secondary N) is 2. The number of aromatic amines is 1. The summed E-state index contributed by atoms with van der Waals surface area (Å²) in [4.78, 5) is 12.2. The first-order chi connectivity index (χ1) is 11.7. The van der Waals surface area contributed by atoms with Crippen LogP contribution in [0.1, 0.15) is 16.1 Å². The molecule has 0 radical (unpaired) electrons. The molecule has 0 bridgehead atoms. The van der Waals surface area contributed by atoms with Gasteiger partial charge in [0.05, 0.1) is 12.8 Å². The standard InChI is InChI=1S/C18H16FN3O2/c1-24-14-7-4-6-12(9-14)16-10-17(22-21-16)18(23)20-11-13-5-2-3-8-15(13)19/h2-10H,11H2,1H3,(H,20,23)(H,21,22). The molecular formula is C18H16FN3O2. The van der Waals surface area contributed by atoms with Gasteiger partial charge in [-0.3, -0.25) is 9.89 Å². The highest BCUT2D eigenvalue weighted by Crippen LogP contribution is 2.22. The molecule has 24 heavy (non-hydrogen) atoms. The maximum Gasteiger partial charge on any atom is 0.269 e. The minimum Gasteiger partial charge on any atom is -0.497 e. The number of carbonyl (C=O) groups excluding carboxylic acids is 1. The lowest BCUT2D eigenvalue weighted by Gasteiger charge is -2.04. The van der Waals surface area contributed by atoms with Crippen LogP contribution in [0.15, 0.2) is 54.6 Å². The van der Waals surface area contributed by atoms with E-state index in [9.17, 15) is 9.18 Å². The van der Waals surface area contributed by atoms with Gasteiger partial charge in [0.2, 0.25) is 0 Å². The lowest BCUT2D eigenvalue weighted by molar-refractivity contribution is 0.0945. The Kier molecular flexibility index (Phi) is 4.56. The zero-order valence-corrected chi connectivity index (χ0v) is 13.0. The average Bonchev–Trinajstić information content (AvgIpc) is 3.11.